The van der Waals surface area contributed by atoms with E-state index in [0.717, 1.165) is 16.7 Å². The van der Waals surface area contributed by atoms with Gasteiger partial charge < -0.3 is 10.6 Å². The fraction of sp³-hybridized carbons (Fsp3) is 0.400. The standard InChI is InChI=1S/C15H20N4O2S/c1-3-13(20)17-12(7-8-22-2)15(21)18-11-6-4-5-10-9-16-19-14(10)11/h4-6,9,12H,3,7-8H2,1-2H3,(H,16,19)(H,17,20)(H,18,21)/t12-/m0/s1. The molecule has 2 aromatic rings. The van der Waals surface area contributed by atoms with Crippen molar-refractivity contribution < 1.29 is 9.59 Å². The predicted octanol–water partition coefficient (Wildman–Crippen LogP) is 2.15. The topological polar surface area (TPSA) is 86.9 Å². The smallest absolute Gasteiger partial charge is 0.247 e. The van der Waals surface area contributed by atoms with Crippen LogP contribution in [-0.2, 0) is 9.59 Å². The van der Waals surface area contributed by atoms with Crippen molar-refractivity contribution in [3.8, 4) is 0 Å². The van der Waals surface area contributed by atoms with Gasteiger partial charge in [-0.15, -0.1) is 0 Å². The molecule has 3 N–H and O–H groups in total. The third kappa shape index (κ3) is 4.00. The van der Waals surface area contributed by atoms with Crippen LogP contribution >= 0.6 is 11.8 Å². The highest BCUT2D eigenvalue weighted by atomic mass is 32.2. The Kier molecular flexibility index (Phi) is 5.83. The molecule has 0 aliphatic carbocycles. The summed E-state index contributed by atoms with van der Waals surface area (Å²) < 4.78 is 0. The minimum atomic E-state index is -0.530. The van der Waals surface area contributed by atoms with Crippen LogP contribution in [0.3, 0.4) is 0 Å². The third-order valence-corrected chi connectivity index (χ3v) is 3.96. The minimum Gasteiger partial charge on any atom is -0.344 e. The number of nitrogens with zero attached hydrogens (tertiary/aromatic N) is 1. The molecule has 0 saturated carbocycles. The first-order valence-corrected chi connectivity index (χ1v) is 8.56. The van der Waals surface area contributed by atoms with Gasteiger partial charge in [-0.25, -0.2) is 0 Å². The Morgan fingerprint density at radius 2 is 2.23 bits per heavy atom. The van der Waals surface area contributed by atoms with Crippen molar-refractivity contribution in [2.24, 2.45) is 0 Å². The summed E-state index contributed by atoms with van der Waals surface area (Å²) in [7, 11) is 0. The molecule has 0 radical (unpaired) electrons. The Balaban J connectivity index is 2.12. The van der Waals surface area contributed by atoms with Crippen molar-refractivity contribution in [3.05, 3.63) is 24.4 Å². The maximum absolute atomic E-state index is 12.5. The number of hydrogen-bond acceptors (Lipinski definition) is 4. The van der Waals surface area contributed by atoms with E-state index in [1.54, 1.807) is 24.9 Å². The van der Waals surface area contributed by atoms with Crippen LogP contribution in [0.25, 0.3) is 10.9 Å². The molecular formula is C15H20N4O2S. The van der Waals surface area contributed by atoms with Crippen LogP contribution in [-0.4, -0.2) is 40.1 Å². The number of benzene rings is 1. The molecule has 0 bridgehead atoms. The van der Waals surface area contributed by atoms with E-state index in [4.69, 9.17) is 0 Å². The second-order valence-corrected chi connectivity index (χ2v) is 5.87. The molecule has 0 unspecified atom stereocenters. The molecule has 1 aromatic heterocycles. The predicted molar refractivity (Wildman–Crippen MR) is 89.9 cm³/mol. The Labute approximate surface area is 133 Å². The largest absolute Gasteiger partial charge is 0.344 e. The first-order chi connectivity index (χ1) is 10.7. The number of para-hydroxylation sites is 1. The van der Waals surface area contributed by atoms with Gasteiger partial charge in [-0.2, -0.15) is 16.9 Å². The maximum atomic E-state index is 12.5. The second kappa shape index (κ2) is 7.84. The summed E-state index contributed by atoms with van der Waals surface area (Å²) >= 11 is 1.64. The zero-order valence-electron chi connectivity index (χ0n) is 12.7. The van der Waals surface area contributed by atoms with Crippen LogP contribution in [0.1, 0.15) is 19.8 Å². The summed E-state index contributed by atoms with van der Waals surface area (Å²) in [5.41, 5.74) is 1.45. The molecule has 0 saturated heterocycles. The number of carbonyl (C=O) groups is 2. The Morgan fingerprint density at radius 1 is 1.41 bits per heavy atom. The van der Waals surface area contributed by atoms with Gasteiger partial charge in [0.05, 0.1) is 17.4 Å². The molecule has 0 fully saturated rings. The number of amides is 2. The average molecular weight is 320 g/mol. The van der Waals surface area contributed by atoms with Crippen molar-refractivity contribution in [1.82, 2.24) is 15.5 Å². The van der Waals surface area contributed by atoms with Crippen LogP contribution in [0.4, 0.5) is 5.69 Å². The van der Waals surface area contributed by atoms with E-state index >= 15 is 0 Å². The van der Waals surface area contributed by atoms with Crippen LogP contribution < -0.4 is 10.6 Å². The van der Waals surface area contributed by atoms with Gasteiger partial charge in [0, 0.05) is 11.8 Å². The fourth-order valence-corrected chi connectivity index (χ4v) is 2.57. The fourth-order valence-electron chi connectivity index (χ4n) is 2.09. The van der Waals surface area contributed by atoms with Crippen LogP contribution in [0.15, 0.2) is 24.4 Å². The molecule has 6 nitrogen and oxygen atoms in total. The van der Waals surface area contributed by atoms with Crippen molar-refractivity contribution in [2.45, 2.75) is 25.8 Å². The number of anilines is 1. The number of aromatic nitrogens is 2. The van der Waals surface area contributed by atoms with Crippen molar-refractivity contribution >= 4 is 40.2 Å². The van der Waals surface area contributed by atoms with E-state index in [0.29, 0.717) is 18.5 Å². The lowest BCUT2D eigenvalue weighted by atomic mass is 10.1. The van der Waals surface area contributed by atoms with E-state index in [1.165, 1.54) is 0 Å². The van der Waals surface area contributed by atoms with Crippen molar-refractivity contribution in [3.63, 3.8) is 0 Å². The molecule has 2 rings (SSSR count). The molecular weight excluding hydrogens is 300 g/mol. The lowest BCUT2D eigenvalue weighted by Gasteiger charge is -2.18. The zero-order valence-corrected chi connectivity index (χ0v) is 13.5. The summed E-state index contributed by atoms with van der Waals surface area (Å²) in [5, 5.41) is 13.4. The van der Waals surface area contributed by atoms with Gasteiger partial charge >= 0.3 is 0 Å². The van der Waals surface area contributed by atoms with Gasteiger partial charge in [-0.05, 0) is 24.5 Å². The van der Waals surface area contributed by atoms with Gasteiger partial charge in [0.25, 0.3) is 0 Å². The molecule has 1 atom stereocenters. The lowest BCUT2D eigenvalue weighted by Crippen LogP contribution is -2.44. The number of hydrogen-bond donors (Lipinski definition) is 3. The summed E-state index contributed by atoms with van der Waals surface area (Å²) in [4.78, 5) is 24.1. The number of carbonyl (C=O) groups excluding carboxylic acids is 2. The van der Waals surface area contributed by atoms with E-state index in [2.05, 4.69) is 20.8 Å². The van der Waals surface area contributed by atoms with Crippen molar-refractivity contribution in [1.29, 1.82) is 0 Å². The van der Waals surface area contributed by atoms with Gasteiger partial charge in [0.1, 0.15) is 6.04 Å². The molecule has 1 heterocycles. The third-order valence-electron chi connectivity index (χ3n) is 3.32. The number of fused-ring (bicyclic) bond motifs is 1. The van der Waals surface area contributed by atoms with Gasteiger partial charge in [0.2, 0.25) is 11.8 Å². The van der Waals surface area contributed by atoms with E-state index < -0.39 is 6.04 Å². The summed E-state index contributed by atoms with van der Waals surface area (Å²) in [6.07, 6.45) is 4.63. The Morgan fingerprint density at radius 3 is 2.95 bits per heavy atom. The van der Waals surface area contributed by atoms with E-state index in [-0.39, 0.29) is 11.8 Å². The molecule has 0 spiro atoms. The monoisotopic (exact) mass is 320 g/mol. The molecule has 0 aliphatic rings. The Hall–Kier alpha value is -2.02. The Bertz CT molecular complexity index is 656. The van der Waals surface area contributed by atoms with Crippen LogP contribution in [0.5, 0.6) is 0 Å². The van der Waals surface area contributed by atoms with E-state index in [1.807, 2.05) is 24.5 Å². The SMILES string of the molecule is CCC(=O)N[C@@H](CCSC)C(=O)Nc1cccc2cn[nH]c12. The number of thioether (sulfide) groups is 1. The summed E-state index contributed by atoms with van der Waals surface area (Å²) in [6, 6.07) is 5.05. The number of rotatable bonds is 7. The van der Waals surface area contributed by atoms with Crippen molar-refractivity contribution in [2.75, 3.05) is 17.3 Å². The first kappa shape index (κ1) is 16.4. The normalized spacial score (nSPS) is 12.1. The minimum absolute atomic E-state index is 0.124. The second-order valence-electron chi connectivity index (χ2n) is 4.88. The lowest BCUT2D eigenvalue weighted by molar-refractivity contribution is -0.126. The highest BCUT2D eigenvalue weighted by Crippen LogP contribution is 2.20. The maximum Gasteiger partial charge on any atom is 0.247 e. The van der Waals surface area contributed by atoms with Gasteiger partial charge in [-0.1, -0.05) is 19.1 Å². The van der Waals surface area contributed by atoms with Crippen LogP contribution in [0.2, 0.25) is 0 Å². The van der Waals surface area contributed by atoms with Gasteiger partial charge in [-0.3, -0.25) is 14.7 Å². The van der Waals surface area contributed by atoms with Gasteiger partial charge in [0.15, 0.2) is 0 Å². The molecule has 0 aliphatic heterocycles. The highest BCUT2D eigenvalue weighted by molar-refractivity contribution is 7.98. The number of aromatic amines is 1. The zero-order chi connectivity index (χ0) is 15.9. The number of H-pyrrole nitrogens is 1. The molecule has 7 heteroatoms. The summed E-state index contributed by atoms with van der Waals surface area (Å²) in [5.74, 6) is 0.468. The molecule has 1 aromatic carbocycles. The molecule has 118 valence electrons. The quantitative estimate of drug-likeness (QED) is 0.729. The average Bonchev–Trinajstić information content (AvgIpc) is 3.00. The first-order valence-electron chi connectivity index (χ1n) is 7.17. The molecule has 22 heavy (non-hydrogen) atoms. The van der Waals surface area contributed by atoms with E-state index in [9.17, 15) is 9.59 Å². The number of nitrogens with one attached hydrogen (secondary N) is 3. The van der Waals surface area contributed by atoms with Crippen LogP contribution in [0, 0.1) is 0 Å². The summed E-state index contributed by atoms with van der Waals surface area (Å²) in [6.45, 7) is 1.77. The molecule has 2 amide bonds. The highest BCUT2D eigenvalue weighted by Gasteiger charge is 2.20.